The molecule has 0 spiro atoms. The Balaban J connectivity index is 1.52. The Hall–Kier alpha value is -1.17. The van der Waals surface area contributed by atoms with Crippen LogP contribution in [0.15, 0.2) is 27.6 Å². The van der Waals surface area contributed by atoms with Crippen LogP contribution in [0, 0.1) is 28.6 Å². The lowest BCUT2D eigenvalue weighted by molar-refractivity contribution is -0.205. The maximum atomic E-state index is 12.2. The molecule has 0 amide bonds. The van der Waals surface area contributed by atoms with Gasteiger partial charge in [0.15, 0.2) is 0 Å². The largest absolute Gasteiger partial charge is 0.431 e. The molecule has 0 aromatic carbocycles. The third-order valence-electron chi connectivity index (χ3n) is 9.92. The van der Waals surface area contributed by atoms with Crippen LogP contribution in [0.1, 0.15) is 76.7 Å². The second kappa shape index (κ2) is 6.41. The van der Waals surface area contributed by atoms with E-state index in [1.54, 1.807) is 6.07 Å². The van der Waals surface area contributed by atoms with E-state index in [2.05, 4.69) is 13.8 Å². The van der Waals surface area contributed by atoms with Crippen molar-refractivity contribution in [2.24, 2.45) is 28.6 Å². The fourth-order valence-electron chi connectivity index (χ4n) is 8.38. The van der Waals surface area contributed by atoms with Crippen LogP contribution in [0.2, 0.25) is 0 Å². The summed E-state index contributed by atoms with van der Waals surface area (Å²) >= 11 is 0. The molecule has 1 unspecified atom stereocenters. The van der Waals surface area contributed by atoms with Crippen molar-refractivity contribution in [1.82, 2.24) is 0 Å². The number of aliphatic hydroxyl groups excluding tert-OH is 2. The van der Waals surface area contributed by atoms with E-state index in [1.807, 2.05) is 0 Å². The first-order chi connectivity index (χ1) is 13.7. The normalized spacial score (nSPS) is 51.8. The number of hydrogen-bond acceptors (Lipinski definition) is 5. The summed E-state index contributed by atoms with van der Waals surface area (Å²) in [6.07, 6.45) is 7.75. The Morgan fingerprint density at radius 1 is 1.03 bits per heavy atom. The third kappa shape index (κ3) is 2.60. The molecular weight excluding hydrogens is 368 g/mol. The van der Waals surface area contributed by atoms with Crippen molar-refractivity contribution in [2.75, 3.05) is 0 Å². The molecule has 0 radical (unpaired) electrons. The van der Waals surface area contributed by atoms with Crippen LogP contribution in [-0.4, -0.2) is 33.1 Å². The van der Waals surface area contributed by atoms with Crippen LogP contribution < -0.4 is 5.63 Å². The molecule has 4 saturated carbocycles. The van der Waals surface area contributed by atoms with Crippen LogP contribution >= 0.6 is 0 Å². The highest BCUT2D eigenvalue weighted by atomic mass is 16.4. The molecule has 1 aromatic rings. The molecule has 4 fully saturated rings. The molecule has 9 atom stereocenters. The van der Waals surface area contributed by atoms with Gasteiger partial charge in [0.2, 0.25) is 0 Å². The van der Waals surface area contributed by atoms with Crippen molar-refractivity contribution in [2.45, 2.75) is 88.9 Å². The zero-order chi connectivity index (χ0) is 20.6. The van der Waals surface area contributed by atoms with Gasteiger partial charge >= 0.3 is 5.63 Å². The molecule has 0 bridgehead atoms. The van der Waals surface area contributed by atoms with E-state index >= 15 is 0 Å². The van der Waals surface area contributed by atoms with Gasteiger partial charge in [0.1, 0.15) is 0 Å². The van der Waals surface area contributed by atoms with E-state index < -0.39 is 22.7 Å². The van der Waals surface area contributed by atoms with Gasteiger partial charge in [0.25, 0.3) is 0 Å². The summed E-state index contributed by atoms with van der Waals surface area (Å²) in [6.45, 7) is 4.52. The number of rotatable bonds is 1. The standard InChI is InChI=1S/C24H34O5/c1-22-9-7-16(25)11-15(22)4-5-18-17(22)8-10-23(2)21(19(26)12-24(18,23)28)14-3-6-20(27)29-13-14/h3,6,13,15-19,21,25-26,28H,4-5,7-12H2,1-2H3/t15?,16-,17+,18-,19+,21+,22+,23-,24+/m1/s1. The van der Waals surface area contributed by atoms with Gasteiger partial charge in [-0.25, -0.2) is 4.79 Å². The first kappa shape index (κ1) is 19.8. The molecule has 0 saturated heterocycles. The third-order valence-corrected chi connectivity index (χ3v) is 9.92. The average molecular weight is 403 g/mol. The van der Waals surface area contributed by atoms with E-state index in [-0.39, 0.29) is 23.4 Å². The molecule has 5 nitrogen and oxygen atoms in total. The van der Waals surface area contributed by atoms with Crippen molar-refractivity contribution >= 4 is 0 Å². The van der Waals surface area contributed by atoms with Crippen LogP contribution in [0.4, 0.5) is 0 Å². The Labute approximate surface area is 172 Å². The monoisotopic (exact) mass is 402 g/mol. The predicted octanol–water partition coefficient (Wildman–Crippen LogP) is 3.21. The quantitative estimate of drug-likeness (QED) is 0.671. The van der Waals surface area contributed by atoms with Crippen LogP contribution in [0.5, 0.6) is 0 Å². The fourth-order valence-corrected chi connectivity index (χ4v) is 8.38. The van der Waals surface area contributed by atoms with Gasteiger partial charge in [-0.1, -0.05) is 13.8 Å². The SMILES string of the molecule is C[C@]12CC[C@@H](O)CC1CC[C@@H]1[C@@H]2CC[C@]2(C)[C@@H](c3ccc(=O)oc3)[C@@H](O)C[C@]12O. The summed E-state index contributed by atoms with van der Waals surface area (Å²) in [5, 5.41) is 33.5. The van der Waals surface area contributed by atoms with Gasteiger partial charge < -0.3 is 19.7 Å². The van der Waals surface area contributed by atoms with E-state index in [9.17, 15) is 20.1 Å². The summed E-state index contributed by atoms with van der Waals surface area (Å²) < 4.78 is 5.11. The molecule has 1 heterocycles. The minimum atomic E-state index is -0.916. The number of hydrogen-bond donors (Lipinski definition) is 3. The molecule has 5 rings (SSSR count). The van der Waals surface area contributed by atoms with Gasteiger partial charge in [0, 0.05) is 23.8 Å². The molecule has 29 heavy (non-hydrogen) atoms. The lowest BCUT2D eigenvalue weighted by Gasteiger charge is -2.63. The lowest BCUT2D eigenvalue weighted by Crippen LogP contribution is -2.62. The highest BCUT2D eigenvalue weighted by molar-refractivity contribution is 5.29. The summed E-state index contributed by atoms with van der Waals surface area (Å²) in [6, 6.07) is 3.16. The van der Waals surface area contributed by atoms with Gasteiger partial charge in [-0.3, -0.25) is 0 Å². The first-order valence-electron chi connectivity index (χ1n) is 11.4. The van der Waals surface area contributed by atoms with Gasteiger partial charge in [-0.2, -0.15) is 0 Å². The van der Waals surface area contributed by atoms with Crippen molar-refractivity contribution in [1.29, 1.82) is 0 Å². The first-order valence-corrected chi connectivity index (χ1v) is 11.4. The molecule has 5 heteroatoms. The van der Waals surface area contributed by atoms with Gasteiger partial charge in [-0.15, -0.1) is 0 Å². The highest BCUT2D eigenvalue weighted by Crippen LogP contribution is 2.70. The van der Waals surface area contributed by atoms with Crippen molar-refractivity contribution in [3.63, 3.8) is 0 Å². The van der Waals surface area contributed by atoms with Crippen molar-refractivity contribution in [3.05, 3.63) is 34.4 Å². The van der Waals surface area contributed by atoms with Gasteiger partial charge in [-0.05, 0) is 79.7 Å². The second-order valence-corrected chi connectivity index (χ2v) is 10.9. The predicted molar refractivity (Wildman–Crippen MR) is 108 cm³/mol. The zero-order valence-electron chi connectivity index (χ0n) is 17.5. The lowest BCUT2D eigenvalue weighted by atomic mass is 9.43. The van der Waals surface area contributed by atoms with Crippen molar-refractivity contribution < 1.29 is 19.7 Å². The molecule has 4 aliphatic rings. The van der Waals surface area contributed by atoms with E-state index in [1.165, 1.54) is 12.3 Å². The van der Waals surface area contributed by atoms with Crippen LogP contribution in [-0.2, 0) is 0 Å². The van der Waals surface area contributed by atoms with Crippen LogP contribution in [0.3, 0.4) is 0 Å². The molecule has 1 aromatic heterocycles. The van der Waals surface area contributed by atoms with E-state index in [0.29, 0.717) is 18.3 Å². The highest BCUT2D eigenvalue weighted by Gasteiger charge is 2.69. The average Bonchev–Trinajstić information content (AvgIpc) is 2.88. The van der Waals surface area contributed by atoms with Gasteiger partial charge in [0.05, 0.1) is 24.1 Å². The number of fused-ring (bicyclic) bond motifs is 5. The Bertz CT molecular complexity index is 829. The van der Waals surface area contributed by atoms with E-state index in [4.69, 9.17) is 4.42 Å². The van der Waals surface area contributed by atoms with Crippen LogP contribution in [0.25, 0.3) is 0 Å². The molecule has 4 aliphatic carbocycles. The topological polar surface area (TPSA) is 90.9 Å². The second-order valence-electron chi connectivity index (χ2n) is 10.9. The summed E-state index contributed by atoms with van der Waals surface area (Å²) in [7, 11) is 0. The molecular formula is C24H34O5. The summed E-state index contributed by atoms with van der Waals surface area (Å²) in [5.41, 5.74) is -0.766. The summed E-state index contributed by atoms with van der Waals surface area (Å²) in [4.78, 5) is 11.4. The minimum Gasteiger partial charge on any atom is -0.431 e. The maximum absolute atomic E-state index is 12.2. The smallest absolute Gasteiger partial charge is 0.335 e. The van der Waals surface area contributed by atoms with Crippen molar-refractivity contribution in [3.8, 4) is 0 Å². The van der Waals surface area contributed by atoms with E-state index in [0.717, 1.165) is 50.5 Å². The zero-order valence-corrected chi connectivity index (χ0v) is 17.5. The molecule has 3 N–H and O–H groups in total. The minimum absolute atomic E-state index is 0.168. The maximum Gasteiger partial charge on any atom is 0.335 e. The fraction of sp³-hybridized carbons (Fsp3) is 0.792. The molecule has 160 valence electrons. The summed E-state index contributed by atoms with van der Waals surface area (Å²) in [5.74, 6) is 0.919. The Morgan fingerprint density at radius 2 is 1.83 bits per heavy atom. The Kier molecular flexibility index (Phi) is 4.37. The number of aliphatic hydroxyl groups is 3. The molecule has 0 aliphatic heterocycles. The Morgan fingerprint density at radius 3 is 2.55 bits per heavy atom.